The van der Waals surface area contributed by atoms with Gasteiger partial charge >= 0.3 is 0 Å². The molecule has 1 atom stereocenters. The zero-order chi connectivity index (χ0) is 31.0. The van der Waals surface area contributed by atoms with Crippen molar-refractivity contribution in [1.29, 1.82) is 0 Å². The van der Waals surface area contributed by atoms with Gasteiger partial charge in [0.15, 0.2) is 0 Å². The topological polar surface area (TPSA) is 96.0 Å². The largest absolute Gasteiger partial charge is 0.497 e. The monoisotopic (exact) mass is 605 g/mol. The van der Waals surface area contributed by atoms with E-state index < -0.39 is 28.5 Å². The summed E-state index contributed by atoms with van der Waals surface area (Å²) in [7, 11) is -2.63. The second kappa shape index (κ2) is 14.6. The maximum absolute atomic E-state index is 14.3. The van der Waals surface area contributed by atoms with E-state index in [1.807, 2.05) is 57.2 Å². The Kier molecular flexibility index (Phi) is 10.9. The van der Waals surface area contributed by atoms with Gasteiger partial charge in [0.25, 0.3) is 10.0 Å². The van der Waals surface area contributed by atoms with Gasteiger partial charge in [-0.15, -0.1) is 0 Å². The number of hydrogen-bond acceptors (Lipinski definition) is 5. The molecule has 0 aromatic heterocycles. The van der Waals surface area contributed by atoms with E-state index in [0.717, 1.165) is 46.7 Å². The molecule has 1 saturated carbocycles. The number of carbonyl (C=O) groups is 2. The summed E-state index contributed by atoms with van der Waals surface area (Å²) in [6.07, 6.45) is 5.56. The molecule has 1 fully saturated rings. The number of methoxy groups -OCH3 is 1. The lowest BCUT2D eigenvalue weighted by Crippen LogP contribution is -2.54. The van der Waals surface area contributed by atoms with E-state index in [1.165, 1.54) is 30.6 Å². The predicted octanol–water partition coefficient (Wildman–Crippen LogP) is 5.76. The van der Waals surface area contributed by atoms with Crippen molar-refractivity contribution < 1.29 is 22.7 Å². The summed E-state index contributed by atoms with van der Waals surface area (Å²) in [5.41, 5.74) is 3.23. The number of amides is 2. The van der Waals surface area contributed by atoms with Crippen molar-refractivity contribution in [2.75, 3.05) is 18.0 Å². The number of benzene rings is 3. The molecule has 1 aliphatic rings. The Bertz CT molecular complexity index is 1480. The third-order valence-electron chi connectivity index (χ3n) is 8.02. The molecule has 0 aliphatic heterocycles. The van der Waals surface area contributed by atoms with Gasteiger partial charge in [0.2, 0.25) is 11.8 Å². The number of nitrogens with one attached hydrogen (secondary N) is 1. The van der Waals surface area contributed by atoms with Gasteiger partial charge in [-0.2, -0.15) is 0 Å². The van der Waals surface area contributed by atoms with Crippen LogP contribution in [-0.4, -0.2) is 50.9 Å². The first-order valence-electron chi connectivity index (χ1n) is 15.0. The van der Waals surface area contributed by atoms with Gasteiger partial charge < -0.3 is 15.0 Å². The highest BCUT2D eigenvalue weighted by atomic mass is 32.2. The van der Waals surface area contributed by atoms with Crippen LogP contribution in [-0.2, 0) is 26.2 Å². The average Bonchev–Trinajstić information content (AvgIpc) is 3.00. The Hall–Kier alpha value is -3.85. The highest BCUT2D eigenvalue weighted by Gasteiger charge is 2.34. The molecule has 8 nitrogen and oxygen atoms in total. The van der Waals surface area contributed by atoms with Crippen molar-refractivity contribution in [1.82, 2.24) is 10.2 Å². The van der Waals surface area contributed by atoms with Crippen molar-refractivity contribution >= 4 is 27.5 Å². The molecule has 0 bridgehead atoms. The summed E-state index contributed by atoms with van der Waals surface area (Å²) in [6, 6.07) is 20.3. The second-order valence-corrected chi connectivity index (χ2v) is 13.2. The highest BCUT2D eigenvalue weighted by Crippen LogP contribution is 2.27. The fourth-order valence-corrected chi connectivity index (χ4v) is 7.00. The summed E-state index contributed by atoms with van der Waals surface area (Å²) in [5, 5.41) is 3.18. The van der Waals surface area contributed by atoms with Gasteiger partial charge in [0.1, 0.15) is 18.3 Å². The third kappa shape index (κ3) is 8.16. The molecule has 230 valence electrons. The lowest BCUT2D eigenvalue weighted by molar-refractivity contribution is -0.140. The number of nitrogens with zero attached hydrogens (tertiary/aromatic N) is 2. The van der Waals surface area contributed by atoms with Gasteiger partial charge in [-0.25, -0.2) is 8.42 Å². The van der Waals surface area contributed by atoms with Gasteiger partial charge in [-0.1, -0.05) is 73.7 Å². The fraction of sp³-hybridized carbons (Fsp3) is 0.412. The maximum atomic E-state index is 14.3. The van der Waals surface area contributed by atoms with E-state index in [2.05, 4.69) is 5.32 Å². The Morgan fingerprint density at radius 3 is 2.21 bits per heavy atom. The minimum absolute atomic E-state index is 0.0361. The third-order valence-corrected chi connectivity index (χ3v) is 9.81. The predicted molar refractivity (Wildman–Crippen MR) is 170 cm³/mol. The highest BCUT2D eigenvalue weighted by molar-refractivity contribution is 7.92. The first-order chi connectivity index (χ1) is 20.6. The summed E-state index contributed by atoms with van der Waals surface area (Å²) >= 11 is 0. The smallest absolute Gasteiger partial charge is 0.264 e. The molecular weight excluding hydrogens is 562 g/mol. The molecule has 1 N–H and O–H groups in total. The standard InChI is InChI=1S/C34H43N3O5S/c1-5-32(34(39)35-28-12-7-6-8-13-28)36(23-27-11-9-10-26(3)22-27)33(38)24-37(29-16-14-25(2)15-17-29)43(40,41)31-20-18-30(42-4)19-21-31/h9-11,14-22,28,32H,5-8,12-13,23-24H2,1-4H3,(H,35,39). The molecule has 0 radical (unpaired) electrons. The Morgan fingerprint density at radius 2 is 1.60 bits per heavy atom. The van der Waals surface area contributed by atoms with E-state index in [-0.39, 0.29) is 23.4 Å². The summed E-state index contributed by atoms with van der Waals surface area (Å²) in [6.45, 7) is 5.49. The van der Waals surface area contributed by atoms with E-state index in [4.69, 9.17) is 4.74 Å². The normalized spacial score (nSPS) is 14.5. The Balaban J connectivity index is 1.70. The second-order valence-electron chi connectivity index (χ2n) is 11.3. The van der Waals surface area contributed by atoms with Crippen LogP contribution in [0.15, 0.2) is 77.7 Å². The van der Waals surface area contributed by atoms with Crippen LogP contribution < -0.4 is 14.4 Å². The molecule has 1 unspecified atom stereocenters. The first kappa shape index (κ1) is 32.1. The van der Waals surface area contributed by atoms with Crippen molar-refractivity contribution in [3.63, 3.8) is 0 Å². The van der Waals surface area contributed by atoms with Crippen molar-refractivity contribution in [2.24, 2.45) is 0 Å². The minimum Gasteiger partial charge on any atom is -0.497 e. The minimum atomic E-state index is -4.15. The number of aryl methyl sites for hydroxylation is 2. The zero-order valence-corrected chi connectivity index (χ0v) is 26.4. The Morgan fingerprint density at radius 1 is 0.930 bits per heavy atom. The molecule has 9 heteroatoms. The molecular formula is C34H43N3O5S. The quantitative estimate of drug-likeness (QED) is 0.283. The number of rotatable bonds is 12. The van der Waals surface area contributed by atoms with E-state index in [1.54, 1.807) is 24.3 Å². The molecule has 43 heavy (non-hydrogen) atoms. The number of hydrogen-bond donors (Lipinski definition) is 1. The van der Waals surface area contributed by atoms with Crippen LogP contribution in [0.5, 0.6) is 5.75 Å². The van der Waals surface area contributed by atoms with E-state index in [0.29, 0.717) is 17.9 Å². The van der Waals surface area contributed by atoms with Gasteiger partial charge in [0, 0.05) is 12.6 Å². The van der Waals surface area contributed by atoms with Gasteiger partial charge in [-0.05, 0) is 75.1 Å². The van der Waals surface area contributed by atoms with Crippen LogP contribution in [0.25, 0.3) is 0 Å². The molecule has 3 aromatic rings. The number of sulfonamides is 1. The molecule has 4 rings (SSSR count). The van der Waals surface area contributed by atoms with Crippen molar-refractivity contribution in [3.8, 4) is 5.75 Å². The molecule has 0 heterocycles. The lowest BCUT2D eigenvalue weighted by Gasteiger charge is -2.34. The molecule has 1 aliphatic carbocycles. The maximum Gasteiger partial charge on any atom is 0.264 e. The van der Waals surface area contributed by atoms with Gasteiger partial charge in [0.05, 0.1) is 17.7 Å². The molecule has 2 amide bonds. The SMILES string of the molecule is CCC(C(=O)NC1CCCCC1)N(Cc1cccc(C)c1)C(=O)CN(c1ccc(C)cc1)S(=O)(=O)c1ccc(OC)cc1. The number of ether oxygens (including phenoxy) is 1. The van der Waals surface area contributed by atoms with E-state index >= 15 is 0 Å². The fourth-order valence-electron chi connectivity index (χ4n) is 5.59. The van der Waals surface area contributed by atoms with Crippen LogP contribution in [0, 0.1) is 13.8 Å². The van der Waals surface area contributed by atoms with Crippen LogP contribution in [0.1, 0.15) is 62.1 Å². The molecule has 0 saturated heterocycles. The van der Waals surface area contributed by atoms with Crippen LogP contribution in [0.4, 0.5) is 5.69 Å². The molecule has 0 spiro atoms. The lowest BCUT2D eigenvalue weighted by atomic mass is 9.95. The summed E-state index contributed by atoms with van der Waals surface area (Å²) in [5.74, 6) is -0.129. The zero-order valence-electron chi connectivity index (χ0n) is 25.6. The van der Waals surface area contributed by atoms with E-state index in [9.17, 15) is 18.0 Å². The van der Waals surface area contributed by atoms with Crippen LogP contribution in [0.3, 0.4) is 0 Å². The van der Waals surface area contributed by atoms with Crippen LogP contribution >= 0.6 is 0 Å². The first-order valence-corrected chi connectivity index (χ1v) is 16.4. The molecule has 3 aromatic carbocycles. The van der Waals surface area contributed by atoms with Crippen LogP contribution in [0.2, 0.25) is 0 Å². The Labute approximate surface area is 256 Å². The van der Waals surface area contributed by atoms with Crippen molar-refractivity contribution in [2.45, 2.75) is 82.8 Å². The summed E-state index contributed by atoms with van der Waals surface area (Å²) < 4.78 is 34.4. The van der Waals surface area contributed by atoms with Crippen molar-refractivity contribution in [3.05, 3.63) is 89.5 Å². The van der Waals surface area contributed by atoms with Gasteiger partial charge in [-0.3, -0.25) is 13.9 Å². The summed E-state index contributed by atoms with van der Waals surface area (Å²) in [4.78, 5) is 29.5. The number of anilines is 1. The average molecular weight is 606 g/mol. The number of carbonyl (C=O) groups excluding carboxylic acids is 2.